The molecular formula is C28H58O14Rf2-4. The van der Waals surface area contributed by atoms with Crippen molar-refractivity contribution < 1.29 is 68.5 Å². The van der Waals surface area contributed by atoms with Crippen LogP contribution in [0.25, 0.3) is 0 Å². The molecule has 0 aliphatic carbocycles. The van der Waals surface area contributed by atoms with E-state index in [1.165, 1.54) is 0 Å². The van der Waals surface area contributed by atoms with Crippen LogP contribution in [0.3, 0.4) is 0 Å². The molecule has 0 aliphatic heterocycles. The Morgan fingerprint density at radius 3 is 0.977 bits per heavy atom. The Bertz CT molecular complexity index is 436. The monoisotopic (exact) mass is 1150 g/mol. The van der Waals surface area contributed by atoms with Gasteiger partial charge in [0.1, 0.15) is 0 Å². The maximum Gasteiger partial charge on any atom is 0.0976 e. The summed E-state index contributed by atoms with van der Waals surface area (Å²) >= 11 is 0. The molecule has 0 aliphatic rings. The minimum absolute atomic E-state index is 0. The topological polar surface area (TPSA) is 195 Å². The van der Waals surface area contributed by atoms with Crippen LogP contribution in [0.4, 0.5) is 0 Å². The van der Waals surface area contributed by atoms with Gasteiger partial charge >= 0.3 is 0 Å². The van der Waals surface area contributed by atoms with Crippen LogP contribution in [0, 0.1) is 28.4 Å². The number of unbranched alkanes of at least 4 members (excludes halogenated alkanes) is 1. The minimum atomic E-state index is -0.619. The Morgan fingerprint density at radius 2 is 0.682 bits per heavy atom. The molecule has 262 valence electrons. The number of aliphatic hydroxyl groups excluding tert-OH is 6. The third kappa shape index (κ3) is 49.1. The van der Waals surface area contributed by atoms with E-state index in [1.54, 1.807) is 0 Å². The quantitative estimate of drug-likeness (QED) is 0.0434. The Balaban J connectivity index is -0.000000182. The van der Waals surface area contributed by atoms with Gasteiger partial charge in [-0.05, 0) is 38.5 Å². The molecule has 0 rings (SSSR count). The molecule has 4 unspecified atom stereocenters. The standard InChI is InChI=1S/C14H28O6.2C7H15O4.2Rf/c1-17-11-13(15)5-9-19-7-3-4-8-20-10-6-14(16)12-18-2;2*1-10-5-7(9)6-11-4-2-3-8;;/h13-16H,1-12H2;2*7-9H,1-6H2;;/q-2;2*-1;;. The maximum absolute atomic E-state index is 9.33. The summed E-state index contributed by atoms with van der Waals surface area (Å²) in [5, 5.41) is 53.4. The molecule has 44 heavy (non-hydrogen) atoms. The molecule has 0 aromatic carbocycles. The first kappa shape index (κ1) is 51.0. The van der Waals surface area contributed by atoms with Gasteiger partial charge in [-0.2, -0.15) is 0 Å². The van der Waals surface area contributed by atoms with Gasteiger partial charge in [0.15, 0.2) is 0 Å². The molecular weight excluding hydrogens is 1090 g/mol. The van der Waals surface area contributed by atoms with E-state index in [0.717, 1.165) is 12.8 Å². The summed E-state index contributed by atoms with van der Waals surface area (Å²) in [6.07, 6.45) is 1.86. The third-order valence-corrected chi connectivity index (χ3v) is 4.77. The maximum atomic E-state index is 9.33. The van der Waals surface area contributed by atoms with Crippen LogP contribution in [-0.2, 0) is 37.9 Å². The van der Waals surface area contributed by atoms with E-state index in [4.69, 9.17) is 39.4 Å². The molecule has 0 saturated carbocycles. The first-order chi connectivity index (χ1) is 20.3. The summed E-state index contributed by atoms with van der Waals surface area (Å²) in [4.78, 5) is 0. The number of aliphatic hydroxyl groups is 6. The zero-order chi connectivity index (χ0) is 32.1. The number of ether oxygens (including phenoxy) is 8. The summed E-state index contributed by atoms with van der Waals surface area (Å²) < 4.78 is 38.7. The van der Waals surface area contributed by atoms with Crippen LogP contribution in [-0.4, -0.2) is 148 Å². The minimum Gasteiger partial charge on any atom is -0.553 e. The van der Waals surface area contributed by atoms with Gasteiger partial charge in [0.2, 0.25) is 0 Å². The molecule has 4 atom stereocenters. The fourth-order valence-corrected chi connectivity index (χ4v) is 2.63. The van der Waals surface area contributed by atoms with E-state index in [1.807, 2.05) is 0 Å². The van der Waals surface area contributed by atoms with Gasteiger partial charge in [-0.15, -0.1) is 0 Å². The normalized spacial score (nSPS) is 13.2. The van der Waals surface area contributed by atoms with Crippen molar-refractivity contribution in [3.63, 3.8) is 0 Å². The van der Waals surface area contributed by atoms with E-state index < -0.39 is 24.4 Å². The summed E-state index contributed by atoms with van der Waals surface area (Å²) in [5.74, 6) is 0. The zero-order valence-electron chi connectivity index (χ0n) is 26.6. The van der Waals surface area contributed by atoms with Crippen LogP contribution in [0.2, 0.25) is 0 Å². The van der Waals surface area contributed by atoms with Crippen molar-refractivity contribution >= 4 is 0 Å². The van der Waals surface area contributed by atoms with Crippen molar-refractivity contribution in [3.8, 4) is 0 Å². The third-order valence-electron chi connectivity index (χ3n) is 4.77. The predicted octanol–water partition coefficient (Wildman–Crippen LogP) is 0.0272. The largest absolute Gasteiger partial charge is 0.553 e. The molecule has 0 amide bonds. The van der Waals surface area contributed by atoms with Gasteiger partial charge in [-0.3, -0.25) is 0 Å². The molecule has 0 fully saturated rings. The molecule has 0 saturated heterocycles. The summed E-state index contributed by atoms with van der Waals surface area (Å²) in [6, 6.07) is 0. The second-order valence-electron chi connectivity index (χ2n) is 8.91. The van der Waals surface area contributed by atoms with Gasteiger partial charge in [0.05, 0.1) is 37.6 Å². The average molecular weight is 1150 g/mol. The number of hydrogen-bond acceptors (Lipinski definition) is 14. The molecule has 14 nitrogen and oxygen atoms in total. The number of rotatable bonds is 29. The van der Waals surface area contributed by atoms with Crippen LogP contribution in [0.15, 0.2) is 0 Å². The van der Waals surface area contributed by atoms with Gasteiger partial charge < -0.3 is 68.5 Å². The first-order valence-electron chi connectivity index (χ1n) is 14.1. The molecule has 6 N–H and O–H groups in total. The fourth-order valence-electron chi connectivity index (χ4n) is 2.63. The van der Waals surface area contributed by atoms with Gasteiger partial charge in [-0.1, -0.05) is 0 Å². The summed E-state index contributed by atoms with van der Waals surface area (Å²) in [5.41, 5.74) is 0. The second kappa shape index (κ2) is 44.9. The number of hydrogen-bond donors (Lipinski definition) is 6. The fraction of sp³-hybridized carbons (Fsp3) is 0.857. The van der Waals surface area contributed by atoms with Gasteiger partial charge in [0, 0.05) is 79.3 Å². The van der Waals surface area contributed by atoms with Crippen molar-refractivity contribution in [2.75, 3.05) is 92.5 Å². The predicted molar refractivity (Wildman–Crippen MR) is 154 cm³/mol. The van der Waals surface area contributed by atoms with Gasteiger partial charge in [0.25, 0.3) is 0 Å². The molecule has 0 spiro atoms. The Morgan fingerprint density at radius 1 is 0.386 bits per heavy atom. The molecule has 0 aromatic heterocycles. The summed E-state index contributed by atoms with van der Waals surface area (Å²) in [6.45, 7) is 4.79. The van der Waals surface area contributed by atoms with E-state index >= 15 is 0 Å². The molecule has 0 radical (unpaired) electrons. The van der Waals surface area contributed by atoms with Crippen molar-refractivity contribution in [1.29, 1.82) is 0 Å². The van der Waals surface area contributed by atoms with Crippen LogP contribution >= 0.6 is 0 Å². The Kier molecular flexibility index (Phi) is 52.1. The molecule has 0 aromatic rings. The summed E-state index contributed by atoms with van der Waals surface area (Å²) in [7, 11) is 12.6. The first-order valence-corrected chi connectivity index (χ1v) is 14.1. The van der Waals surface area contributed by atoms with Crippen molar-refractivity contribution in [3.05, 3.63) is 28.4 Å². The Hall–Kier alpha value is -2.56. The van der Waals surface area contributed by atoms with E-state index in [-0.39, 0.29) is 52.9 Å². The van der Waals surface area contributed by atoms with Crippen molar-refractivity contribution in [1.82, 2.24) is 0 Å². The van der Waals surface area contributed by atoms with E-state index in [9.17, 15) is 10.2 Å². The average Bonchev–Trinajstić information content (AvgIpc) is 2.96. The van der Waals surface area contributed by atoms with Crippen LogP contribution in [0.5, 0.6) is 0 Å². The molecule has 16 heteroatoms. The Labute approximate surface area is 252 Å². The van der Waals surface area contributed by atoms with Crippen molar-refractivity contribution in [2.45, 2.75) is 62.9 Å². The molecule has 0 bridgehead atoms. The zero-order valence-corrected chi connectivity index (χ0v) is 39.4. The smallest absolute Gasteiger partial charge is 0.0976 e. The van der Waals surface area contributed by atoms with Crippen LogP contribution < -0.4 is 0 Å². The SMILES string of the molecule is [CH2-]OCC(O)CCOCCCCOCCC(O)CO[CH2-].[CH2-]OCC(O)COCCCO.[CH2-]OCC(O)COCCCO.[Rf].[Rf]. The van der Waals surface area contributed by atoms with Crippen LogP contribution in [0.1, 0.15) is 38.5 Å². The van der Waals surface area contributed by atoms with Crippen molar-refractivity contribution in [2.24, 2.45) is 0 Å². The van der Waals surface area contributed by atoms with Gasteiger partial charge in [-0.25, -0.2) is 28.4 Å². The second-order valence-corrected chi connectivity index (χ2v) is 8.91. The molecule has 0 heterocycles. The van der Waals surface area contributed by atoms with E-state index in [2.05, 4.69) is 47.4 Å². The van der Waals surface area contributed by atoms with E-state index in [0.29, 0.717) is 65.3 Å².